The predicted octanol–water partition coefficient (Wildman–Crippen LogP) is 3.17. The van der Waals surface area contributed by atoms with Crippen LogP contribution in [0.15, 0.2) is 53.4 Å². The lowest BCUT2D eigenvalue weighted by molar-refractivity contribution is -0.275. The zero-order valence-corrected chi connectivity index (χ0v) is 13.5. The zero-order chi connectivity index (χ0) is 18.7. The minimum atomic E-state index is -5.06. The number of esters is 1. The monoisotopic (exact) mass is 375 g/mol. The van der Waals surface area contributed by atoms with E-state index in [9.17, 15) is 26.4 Å². The number of carbonyl (C=O) groups excluding carboxylic acids is 1. The number of benzene rings is 2. The Bertz CT molecular complexity index is 881. The molecule has 0 aliphatic heterocycles. The first-order chi connectivity index (χ1) is 11.6. The van der Waals surface area contributed by atoms with Crippen molar-refractivity contribution in [3.8, 4) is 5.75 Å². The highest BCUT2D eigenvalue weighted by Gasteiger charge is 2.34. The maximum Gasteiger partial charge on any atom is 0.573 e. The SMILES string of the molecule is COC(=O)c1ccccc1NS(=O)(=O)c1ccccc1OC(F)(F)F. The van der Waals surface area contributed by atoms with E-state index in [-0.39, 0.29) is 11.3 Å². The van der Waals surface area contributed by atoms with E-state index < -0.39 is 33.0 Å². The lowest BCUT2D eigenvalue weighted by Crippen LogP contribution is -2.21. The van der Waals surface area contributed by atoms with Crippen LogP contribution < -0.4 is 9.46 Å². The summed E-state index contributed by atoms with van der Waals surface area (Å²) in [5.41, 5.74) is -0.237. The second-order valence-electron chi connectivity index (χ2n) is 4.64. The zero-order valence-electron chi connectivity index (χ0n) is 12.7. The number of carbonyl (C=O) groups is 1. The minimum Gasteiger partial charge on any atom is -0.465 e. The number of sulfonamides is 1. The van der Waals surface area contributed by atoms with E-state index in [2.05, 4.69) is 14.2 Å². The van der Waals surface area contributed by atoms with E-state index in [1.165, 1.54) is 36.4 Å². The van der Waals surface area contributed by atoms with Gasteiger partial charge in [0.15, 0.2) is 0 Å². The van der Waals surface area contributed by atoms with Gasteiger partial charge in [-0.25, -0.2) is 13.2 Å². The van der Waals surface area contributed by atoms with Gasteiger partial charge in [0.05, 0.1) is 18.4 Å². The molecule has 0 bridgehead atoms. The normalized spacial score (nSPS) is 11.7. The first kappa shape index (κ1) is 18.6. The molecule has 0 aliphatic carbocycles. The van der Waals surface area contributed by atoms with Gasteiger partial charge in [-0.1, -0.05) is 24.3 Å². The van der Waals surface area contributed by atoms with Crippen LogP contribution in [-0.2, 0) is 14.8 Å². The molecule has 2 aromatic rings. The number of para-hydroxylation sites is 2. The molecule has 0 saturated carbocycles. The molecule has 10 heteroatoms. The van der Waals surface area contributed by atoms with E-state index in [0.29, 0.717) is 0 Å². The summed E-state index contributed by atoms with van der Waals surface area (Å²) in [6, 6.07) is 9.76. The quantitative estimate of drug-likeness (QED) is 0.812. The van der Waals surface area contributed by atoms with Crippen LogP contribution in [0.25, 0.3) is 0 Å². The maximum atomic E-state index is 12.5. The lowest BCUT2D eigenvalue weighted by Gasteiger charge is -2.15. The van der Waals surface area contributed by atoms with Crippen molar-refractivity contribution in [2.75, 3.05) is 11.8 Å². The van der Waals surface area contributed by atoms with Crippen molar-refractivity contribution in [2.45, 2.75) is 11.3 Å². The third-order valence-corrected chi connectivity index (χ3v) is 4.35. The number of nitrogens with one attached hydrogen (secondary N) is 1. The number of ether oxygens (including phenoxy) is 2. The Hall–Kier alpha value is -2.75. The molecule has 0 radical (unpaired) electrons. The molecule has 2 aromatic carbocycles. The van der Waals surface area contributed by atoms with E-state index in [0.717, 1.165) is 19.2 Å². The number of hydrogen-bond donors (Lipinski definition) is 1. The smallest absolute Gasteiger partial charge is 0.465 e. The second kappa shape index (κ2) is 7.01. The molecule has 0 unspecified atom stereocenters. The molecule has 0 fully saturated rings. The fourth-order valence-electron chi connectivity index (χ4n) is 1.94. The van der Waals surface area contributed by atoms with Gasteiger partial charge >= 0.3 is 12.3 Å². The Morgan fingerprint density at radius 1 is 1.04 bits per heavy atom. The molecule has 6 nitrogen and oxygen atoms in total. The summed E-state index contributed by atoms with van der Waals surface area (Å²) in [6.45, 7) is 0. The fraction of sp³-hybridized carbons (Fsp3) is 0.133. The van der Waals surface area contributed by atoms with E-state index >= 15 is 0 Å². The standard InChI is InChI=1S/C15H12F3NO5S/c1-23-14(20)10-6-2-3-7-11(10)19-25(21,22)13-9-5-4-8-12(13)24-15(16,17)18/h2-9,19H,1H3. The van der Waals surface area contributed by atoms with Gasteiger partial charge in [-0.05, 0) is 24.3 Å². The molecule has 0 spiro atoms. The molecular weight excluding hydrogens is 363 g/mol. The van der Waals surface area contributed by atoms with Crippen molar-refractivity contribution < 1.29 is 35.9 Å². The Morgan fingerprint density at radius 3 is 2.28 bits per heavy atom. The molecule has 0 amide bonds. The van der Waals surface area contributed by atoms with E-state index in [4.69, 9.17) is 0 Å². The molecule has 0 heterocycles. The van der Waals surface area contributed by atoms with Crippen molar-refractivity contribution in [1.29, 1.82) is 0 Å². The molecule has 2 rings (SSSR count). The number of rotatable bonds is 5. The van der Waals surface area contributed by atoms with Crippen LogP contribution in [-0.4, -0.2) is 27.9 Å². The molecule has 134 valence electrons. The van der Waals surface area contributed by atoms with Gasteiger partial charge in [0.1, 0.15) is 10.6 Å². The molecule has 0 aliphatic rings. The predicted molar refractivity (Wildman–Crippen MR) is 81.7 cm³/mol. The molecule has 0 saturated heterocycles. The van der Waals surface area contributed by atoms with Gasteiger partial charge in [0.2, 0.25) is 0 Å². The molecule has 0 aromatic heterocycles. The van der Waals surface area contributed by atoms with Crippen molar-refractivity contribution in [3.63, 3.8) is 0 Å². The number of anilines is 1. The largest absolute Gasteiger partial charge is 0.573 e. The van der Waals surface area contributed by atoms with Crippen molar-refractivity contribution >= 4 is 21.7 Å². The Labute approximate surface area is 141 Å². The van der Waals surface area contributed by atoms with Gasteiger partial charge in [0, 0.05) is 0 Å². The highest BCUT2D eigenvalue weighted by molar-refractivity contribution is 7.92. The third kappa shape index (κ3) is 4.63. The third-order valence-electron chi connectivity index (χ3n) is 2.94. The average Bonchev–Trinajstić information content (AvgIpc) is 2.53. The second-order valence-corrected chi connectivity index (χ2v) is 6.29. The van der Waals surface area contributed by atoms with Gasteiger partial charge in [-0.3, -0.25) is 4.72 Å². The summed E-state index contributed by atoms with van der Waals surface area (Å²) in [5, 5.41) is 0. The van der Waals surface area contributed by atoms with Gasteiger partial charge in [-0.2, -0.15) is 0 Å². The van der Waals surface area contributed by atoms with E-state index in [1.54, 1.807) is 0 Å². The van der Waals surface area contributed by atoms with Crippen LogP contribution in [0.3, 0.4) is 0 Å². The topological polar surface area (TPSA) is 81.7 Å². The Morgan fingerprint density at radius 2 is 1.64 bits per heavy atom. The summed E-state index contributed by atoms with van der Waals surface area (Å²) in [5.74, 6) is -1.70. The van der Waals surface area contributed by atoms with Crippen LogP contribution in [0, 0.1) is 0 Å². The first-order valence-electron chi connectivity index (χ1n) is 6.69. The van der Waals surface area contributed by atoms with Crippen LogP contribution in [0.4, 0.5) is 18.9 Å². The number of alkyl halides is 3. The minimum absolute atomic E-state index is 0.0946. The van der Waals surface area contributed by atoms with Crippen LogP contribution in [0.5, 0.6) is 5.75 Å². The van der Waals surface area contributed by atoms with Gasteiger partial charge < -0.3 is 9.47 Å². The average molecular weight is 375 g/mol. The number of methoxy groups -OCH3 is 1. The Balaban J connectivity index is 2.44. The highest BCUT2D eigenvalue weighted by atomic mass is 32.2. The molecule has 25 heavy (non-hydrogen) atoms. The lowest BCUT2D eigenvalue weighted by atomic mass is 10.2. The van der Waals surface area contributed by atoms with Crippen LogP contribution in [0.1, 0.15) is 10.4 Å². The van der Waals surface area contributed by atoms with Gasteiger partial charge in [0.25, 0.3) is 10.0 Å². The number of halogens is 3. The van der Waals surface area contributed by atoms with Crippen molar-refractivity contribution in [2.24, 2.45) is 0 Å². The van der Waals surface area contributed by atoms with E-state index in [1.807, 2.05) is 0 Å². The maximum absolute atomic E-state index is 12.5. The van der Waals surface area contributed by atoms with Crippen molar-refractivity contribution in [3.05, 3.63) is 54.1 Å². The summed E-state index contributed by atoms with van der Waals surface area (Å²) in [6.07, 6.45) is -5.06. The summed E-state index contributed by atoms with van der Waals surface area (Å²) in [7, 11) is -3.35. The summed E-state index contributed by atoms with van der Waals surface area (Å²) in [4.78, 5) is 11.0. The van der Waals surface area contributed by atoms with Crippen LogP contribution in [0.2, 0.25) is 0 Å². The van der Waals surface area contributed by atoms with Gasteiger partial charge in [-0.15, -0.1) is 13.2 Å². The fourth-order valence-corrected chi connectivity index (χ4v) is 3.15. The molecule has 1 N–H and O–H groups in total. The Kier molecular flexibility index (Phi) is 5.21. The molecule has 0 atom stereocenters. The number of hydrogen-bond acceptors (Lipinski definition) is 5. The molecular formula is C15H12F3NO5S. The summed E-state index contributed by atoms with van der Waals surface area (Å²) < 4.78 is 72.6. The highest BCUT2D eigenvalue weighted by Crippen LogP contribution is 2.31. The van der Waals surface area contributed by atoms with Crippen molar-refractivity contribution in [1.82, 2.24) is 0 Å². The summed E-state index contributed by atoms with van der Waals surface area (Å²) >= 11 is 0. The van der Waals surface area contributed by atoms with Crippen LogP contribution >= 0.6 is 0 Å². The first-order valence-corrected chi connectivity index (χ1v) is 8.17.